The zero-order chi connectivity index (χ0) is 11.2. The summed E-state index contributed by atoms with van der Waals surface area (Å²) < 4.78 is 10.7. The number of hydrogen-bond donors (Lipinski definition) is 1. The molecule has 3 atom stereocenters. The standard InChI is InChI=1S/C13H25NO2/c1-11-3-2-4-12(6-5-11)14-9-13-7-8-15-10-16-13/h11-14H,2-10H2,1H3. The van der Waals surface area contributed by atoms with Crippen molar-refractivity contribution in [3.63, 3.8) is 0 Å². The Bertz CT molecular complexity index is 192. The third kappa shape index (κ3) is 4.04. The monoisotopic (exact) mass is 227 g/mol. The summed E-state index contributed by atoms with van der Waals surface area (Å²) >= 11 is 0. The van der Waals surface area contributed by atoms with Gasteiger partial charge in [0.25, 0.3) is 0 Å². The van der Waals surface area contributed by atoms with E-state index in [9.17, 15) is 0 Å². The van der Waals surface area contributed by atoms with Crippen molar-refractivity contribution < 1.29 is 9.47 Å². The van der Waals surface area contributed by atoms with Crippen LogP contribution in [0.2, 0.25) is 0 Å². The molecular weight excluding hydrogens is 202 g/mol. The summed E-state index contributed by atoms with van der Waals surface area (Å²) in [6.07, 6.45) is 8.26. The lowest BCUT2D eigenvalue weighted by Crippen LogP contribution is -2.39. The molecule has 0 aromatic heterocycles. The van der Waals surface area contributed by atoms with Gasteiger partial charge in [-0.2, -0.15) is 0 Å². The molecule has 1 heterocycles. The highest BCUT2D eigenvalue weighted by Crippen LogP contribution is 2.22. The van der Waals surface area contributed by atoms with E-state index in [-0.39, 0.29) is 0 Å². The van der Waals surface area contributed by atoms with Crippen LogP contribution in [0.4, 0.5) is 0 Å². The second-order valence-corrected chi connectivity index (χ2v) is 5.32. The van der Waals surface area contributed by atoms with Crippen LogP contribution in [0.5, 0.6) is 0 Å². The van der Waals surface area contributed by atoms with E-state index in [1.54, 1.807) is 0 Å². The fourth-order valence-corrected chi connectivity index (χ4v) is 2.65. The van der Waals surface area contributed by atoms with Crippen molar-refractivity contribution >= 4 is 0 Å². The molecule has 0 aromatic carbocycles. The Labute approximate surface area is 98.9 Å². The lowest BCUT2D eigenvalue weighted by Gasteiger charge is -2.25. The van der Waals surface area contributed by atoms with Crippen LogP contribution in [0, 0.1) is 5.92 Å². The largest absolute Gasteiger partial charge is 0.355 e. The lowest BCUT2D eigenvalue weighted by atomic mass is 10.0. The van der Waals surface area contributed by atoms with Crippen molar-refractivity contribution in [3.8, 4) is 0 Å². The van der Waals surface area contributed by atoms with E-state index in [0.29, 0.717) is 12.9 Å². The van der Waals surface area contributed by atoms with Gasteiger partial charge >= 0.3 is 0 Å². The van der Waals surface area contributed by atoms with Gasteiger partial charge in [0.1, 0.15) is 6.79 Å². The van der Waals surface area contributed by atoms with Gasteiger partial charge in [0, 0.05) is 12.6 Å². The molecule has 0 bridgehead atoms. The first-order valence-electron chi connectivity index (χ1n) is 6.77. The molecule has 2 rings (SSSR count). The maximum atomic E-state index is 5.54. The topological polar surface area (TPSA) is 30.5 Å². The van der Waals surface area contributed by atoms with Crippen molar-refractivity contribution in [1.29, 1.82) is 0 Å². The second-order valence-electron chi connectivity index (χ2n) is 5.32. The first-order valence-corrected chi connectivity index (χ1v) is 6.77. The van der Waals surface area contributed by atoms with Gasteiger partial charge in [-0.25, -0.2) is 0 Å². The van der Waals surface area contributed by atoms with Crippen molar-refractivity contribution in [3.05, 3.63) is 0 Å². The third-order valence-corrected chi connectivity index (χ3v) is 3.86. The van der Waals surface area contributed by atoms with Crippen molar-refractivity contribution in [2.45, 2.75) is 57.6 Å². The summed E-state index contributed by atoms with van der Waals surface area (Å²) in [7, 11) is 0. The lowest BCUT2D eigenvalue weighted by molar-refractivity contribution is -0.137. The molecule has 94 valence electrons. The van der Waals surface area contributed by atoms with E-state index >= 15 is 0 Å². The van der Waals surface area contributed by atoms with Crippen LogP contribution in [0.3, 0.4) is 0 Å². The summed E-state index contributed by atoms with van der Waals surface area (Å²) in [5, 5.41) is 3.67. The average Bonchev–Trinajstić information content (AvgIpc) is 2.53. The smallest absolute Gasteiger partial charge is 0.147 e. The average molecular weight is 227 g/mol. The van der Waals surface area contributed by atoms with Crippen LogP contribution in [0.15, 0.2) is 0 Å². The van der Waals surface area contributed by atoms with E-state index < -0.39 is 0 Å². The Morgan fingerprint density at radius 2 is 2.06 bits per heavy atom. The first kappa shape index (κ1) is 12.3. The summed E-state index contributed by atoms with van der Waals surface area (Å²) in [5.41, 5.74) is 0. The van der Waals surface area contributed by atoms with E-state index in [1.807, 2.05) is 0 Å². The van der Waals surface area contributed by atoms with E-state index in [0.717, 1.165) is 31.5 Å². The highest BCUT2D eigenvalue weighted by molar-refractivity contribution is 4.75. The van der Waals surface area contributed by atoms with Gasteiger partial charge in [-0.1, -0.05) is 19.8 Å². The molecule has 0 radical (unpaired) electrons. The number of nitrogens with one attached hydrogen (secondary N) is 1. The minimum Gasteiger partial charge on any atom is -0.355 e. The van der Waals surface area contributed by atoms with E-state index in [1.165, 1.54) is 32.1 Å². The fourth-order valence-electron chi connectivity index (χ4n) is 2.65. The highest BCUT2D eigenvalue weighted by Gasteiger charge is 2.18. The molecule has 3 nitrogen and oxygen atoms in total. The molecule has 3 unspecified atom stereocenters. The Morgan fingerprint density at radius 1 is 1.12 bits per heavy atom. The number of hydrogen-bond acceptors (Lipinski definition) is 3. The van der Waals surface area contributed by atoms with Crippen molar-refractivity contribution in [2.75, 3.05) is 19.9 Å². The molecule has 2 fully saturated rings. The Balaban J connectivity index is 1.64. The molecule has 0 amide bonds. The van der Waals surface area contributed by atoms with Gasteiger partial charge in [-0.3, -0.25) is 0 Å². The molecule has 16 heavy (non-hydrogen) atoms. The van der Waals surface area contributed by atoms with Crippen LogP contribution in [-0.4, -0.2) is 32.1 Å². The van der Waals surface area contributed by atoms with Gasteiger partial charge in [-0.15, -0.1) is 0 Å². The third-order valence-electron chi connectivity index (χ3n) is 3.86. The van der Waals surface area contributed by atoms with Crippen LogP contribution >= 0.6 is 0 Å². The van der Waals surface area contributed by atoms with Crippen molar-refractivity contribution in [1.82, 2.24) is 5.32 Å². The molecule has 1 aliphatic heterocycles. The summed E-state index contributed by atoms with van der Waals surface area (Å²) in [6, 6.07) is 0.719. The van der Waals surface area contributed by atoms with Gasteiger partial charge in [-0.05, 0) is 31.6 Å². The Kier molecular flexibility index (Phi) is 5.07. The Hall–Kier alpha value is -0.120. The molecule has 0 spiro atoms. The molecule has 1 aliphatic carbocycles. The minimum atomic E-state index is 0.370. The number of ether oxygens (including phenoxy) is 2. The maximum Gasteiger partial charge on any atom is 0.147 e. The van der Waals surface area contributed by atoms with Crippen LogP contribution < -0.4 is 5.32 Å². The van der Waals surface area contributed by atoms with Gasteiger partial charge < -0.3 is 14.8 Å². The van der Waals surface area contributed by atoms with E-state index in [2.05, 4.69) is 12.2 Å². The van der Waals surface area contributed by atoms with Crippen LogP contribution in [0.1, 0.15) is 45.4 Å². The SMILES string of the molecule is CC1CCCC(NCC2CCOCO2)CC1. The quantitative estimate of drug-likeness (QED) is 0.751. The first-order chi connectivity index (χ1) is 7.84. The summed E-state index contributed by atoms with van der Waals surface area (Å²) in [4.78, 5) is 0. The molecular formula is C13H25NO2. The maximum absolute atomic E-state index is 5.54. The normalized spacial score (nSPS) is 36.9. The zero-order valence-corrected chi connectivity index (χ0v) is 10.4. The molecule has 1 N–H and O–H groups in total. The van der Waals surface area contributed by atoms with Crippen LogP contribution in [0.25, 0.3) is 0 Å². The zero-order valence-electron chi connectivity index (χ0n) is 10.4. The molecule has 0 aromatic rings. The van der Waals surface area contributed by atoms with Gasteiger partial charge in [0.2, 0.25) is 0 Å². The number of rotatable bonds is 3. The predicted octanol–water partition coefficient (Wildman–Crippen LogP) is 2.31. The van der Waals surface area contributed by atoms with Gasteiger partial charge in [0.05, 0.1) is 12.7 Å². The predicted molar refractivity (Wildman–Crippen MR) is 64.3 cm³/mol. The summed E-state index contributed by atoms with van der Waals surface area (Å²) in [5.74, 6) is 0.922. The molecule has 1 saturated carbocycles. The van der Waals surface area contributed by atoms with Gasteiger partial charge in [0.15, 0.2) is 0 Å². The van der Waals surface area contributed by atoms with Crippen LogP contribution in [-0.2, 0) is 9.47 Å². The highest BCUT2D eigenvalue weighted by atomic mass is 16.7. The van der Waals surface area contributed by atoms with Crippen molar-refractivity contribution in [2.24, 2.45) is 5.92 Å². The molecule has 1 saturated heterocycles. The molecule has 2 aliphatic rings. The second kappa shape index (κ2) is 6.58. The molecule has 3 heteroatoms. The van der Waals surface area contributed by atoms with E-state index in [4.69, 9.17) is 9.47 Å². The Morgan fingerprint density at radius 3 is 2.88 bits per heavy atom. The minimum absolute atomic E-state index is 0.370. The fraction of sp³-hybridized carbons (Fsp3) is 1.00. The summed E-state index contributed by atoms with van der Waals surface area (Å²) in [6.45, 7) is 4.72.